The minimum atomic E-state index is 0.140. The number of piperazine rings is 1. The van der Waals surface area contributed by atoms with E-state index in [2.05, 4.69) is 49.2 Å². The van der Waals surface area contributed by atoms with E-state index in [0.29, 0.717) is 16.9 Å². The smallest absolute Gasteiger partial charge is 0.224 e. The number of anilines is 3. The molecule has 0 spiro atoms. The van der Waals surface area contributed by atoms with Crippen LogP contribution in [0.1, 0.15) is 12.8 Å². The van der Waals surface area contributed by atoms with Gasteiger partial charge in [0.1, 0.15) is 10.8 Å². The van der Waals surface area contributed by atoms with E-state index in [1.165, 1.54) is 50.9 Å². The predicted octanol–water partition coefficient (Wildman–Crippen LogP) is 3.75. The van der Waals surface area contributed by atoms with E-state index < -0.39 is 0 Å². The topological polar surface area (TPSA) is 56.8 Å². The summed E-state index contributed by atoms with van der Waals surface area (Å²) in [5, 5.41) is 3.73. The normalized spacial score (nSPS) is 19.1. The first kappa shape index (κ1) is 21.4. The lowest BCUT2D eigenvalue weighted by Crippen LogP contribution is -2.52. The van der Waals surface area contributed by atoms with E-state index in [9.17, 15) is 0 Å². The molecule has 2 aliphatic rings. The zero-order valence-corrected chi connectivity index (χ0v) is 19.0. The highest BCUT2D eigenvalue weighted by molar-refractivity contribution is 6.33. The number of hydrogen-bond donors (Lipinski definition) is 1. The molecule has 1 aromatic carbocycles. The minimum absolute atomic E-state index is 0.140. The largest absolute Gasteiger partial charge is 0.494 e. The molecule has 2 saturated heterocycles. The number of ether oxygens (including phenoxy) is 1. The molecule has 30 heavy (non-hydrogen) atoms. The number of benzene rings is 1. The summed E-state index contributed by atoms with van der Waals surface area (Å²) in [6.07, 6.45) is 3.87. The summed E-state index contributed by atoms with van der Waals surface area (Å²) in [6.45, 7) is 6.83. The summed E-state index contributed by atoms with van der Waals surface area (Å²) >= 11 is 12.1. The maximum atomic E-state index is 6.18. The Hall–Kier alpha value is -1.80. The van der Waals surface area contributed by atoms with Crippen LogP contribution < -0.4 is 15.0 Å². The lowest BCUT2D eigenvalue weighted by Gasteiger charge is -2.42. The van der Waals surface area contributed by atoms with Gasteiger partial charge < -0.3 is 19.9 Å². The van der Waals surface area contributed by atoms with Gasteiger partial charge in [0.25, 0.3) is 0 Å². The number of rotatable bonds is 5. The molecule has 2 aliphatic heterocycles. The third kappa shape index (κ3) is 4.91. The Kier molecular flexibility index (Phi) is 6.83. The Morgan fingerprint density at radius 3 is 2.50 bits per heavy atom. The van der Waals surface area contributed by atoms with E-state index in [4.69, 9.17) is 27.9 Å². The highest BCUT2D eigenvalue weighted by Crippen LogP contribution is 2.34. The molecular weight excluding hydrogens is 423 g/mol. The molecule has 7 nitrogen and oxygen atoms in total. The van der Waals surface area contributed by atoms with Crippen LogP contribution in [0, 0.1) is 0 Å². The molecular formula is C21H28Cl2N6O. The fraction of sp³-hybridized carbons (Fsp3) is 0.524. The molecule has 0 radical (unpaired) electrons. The predicted molar refractivity (Wildman–Crippen MR) is 123 cm³/mol. The summed E-state index contributed by atoms with van der Waals surface area (Å²) < 4.78 is 5.62. The monoisotopic (exact) mass is 450 g/mol. The molecule has 4 rings (SSSR count). The van der Waals surface area contributed by atoms with Gasteiger partial charge >= 0.3 is 0 Å². The van der Waals surface area contributed by atoms with Crippen molar-refractivity contribution in [2.75, 3.05) is 63.6 Å². The number of nitrogens with one attached hydrogen (secondary N) is 1. The first-order chi connectivity index (χ1) is 14.5. The minimum Gasteiger partial charge on any atom is -0.494 e. The van der Waals surface area contributed by atoms with Crippen LogP contribution in [0.5, 0.6) is 5.75 Å². The molecule has 0 bridgehead atoms. The summed E-state index contributed by atoms with van der Waals surface area (Å²) in [5.41, 5.74) is 1.95. The second-order valence-corrected chi connectivity index (χ2v) is 8.65. The Labute approximate surface area is 187 Å². The maximum Gasteiger partial charge on any atom is 0.224 e. The standard InChI is InChI=1S/C21H28Cl2N6O/c1-27-9-11-29(12-10-27)15-5-7-28(8-6-15)16-3-4-18(19(13-16)30-2)25-20-17(22)14-24-21(23)26-20/h3-4,13-15H,5-12H2,1-2H3,(H,24,25,26). The zero-order valence-electron chi connectivity index (χ0n) is 17.4. The van der Waals surface area contributed by atoms with Gasteiger partial charge in [0.2, 0.25) is 5.28 Å². The molecule has 2 aromatic rings. The second kappa shape index (κ2) is 9.56. The number of piperidine rings is 1. The van der Waals surface area contributed by atoms with Crippen LogP contribution in [0.2, 0.25) is 10.3 Å². The number of nitrogens with zero attached hydrogens (tertiary/aromatic N) is 5. The van der Waals surface area contributed by atoms with Gasteiger partial charge in [-0.15, -0.1) is 0 Å². The first-order valence-electron chi connectivity index (χ1n) is 10.3. The van der Waals surface area contributed by atoms with E-state index in [1.807, 2.05) is 6.07 Å². The fourth-order valence-electron chi connectivity index (χ4n) is 4.22. The van der Waals surface area contributed by atoms with Gasteiger partial charge in [0, 0.05) is 57.1 Å². The van der Waals surface area contributed by atoms with Crippen LogP contribution in [0.25, 0.3) is 0 Å². The lowest BCUT2D eigenvalue weighted by atomic mass is 10.0. The number of likely N-dealkylation sites (N-methyl/N-ethyl adjacent to an activating group) is 1. The Morgan fingerprint density at radius 1 is 1.07 bits per heavy atom. The molecule has 0 unspecified atom stereocenters. The van der Waals surface area contributed by atoms with Crippen molar-refractivity contribution in [2.45, 2.75) is 18.9 Å². The van der Waals surface area contributed by atoms with Crippen LogP contribution in [-0.4, -0.2) is 79.2 Å². The number of halogens is 2. The van der Waals surface area contributed by atoms with Gasteiger partial charge in [-0.3, -0.25) is 4.90 Å². The highest BCUT2D eigenvalue weighted by Gasteiger charge is 2.27. The lowest BCUT2D eigenvalue weighted by molar-refractivity contribution is 0.0982. The van der Waals surface area contributed by atoms with Crippen molar-refractivity contribution in [1.29, 1.82) is 0 Å². The van der Waals surface area contributed by atoms with Gasteiger partial charge in [-0.25, -0.2) is 4.98 Å². The molecule has 1 N–H and O–H groups in total. The number of hydrogen-bond acceptors (Lipinski definition) is 7. The first-order valence-corrected chi connectivity index (χ1v) is 11.1. The van der Waals surface area contributed by atoms with Crippen molar-refractivity contribution >= 4 is 40.4 Å². The van der Waals surface area contributed by atoms with Crippen molar-refractivity contribution in [2.24, 2.45) is 0 Å². The van der Waals surface area contributed by atoms with Crippen LogP contribution >= 0.6 is 23.2 Å². The fourth-order valence-corrected chi connectivity index (χ4v) is 4.49. The van der Waals surface area contributed by atoms with Crippen molar-refractivity contribution in [3.05, 3.63) is 34.7 Å². The zero-order chi connectivity index (χ0) is 21.1. The summed E-state index contributed by atoms with van der Waals surface area (Å²) in [6, 6.07) is 6.86. The van der Waals surface area contributed by atoms with Crippen LogP contribution in [0.15, 0.2) is 24.4 Å². The molecule has 0 aliphatic carbocycles. The number of aromatic nitrogens is 2. The molecule has 2 fully saturated rings. The van der Waals surface area contributed by atoms with Gasteiger partial charge in [-0.1, -0.05) is 11.6 Å². The quantitative estimate of drug-likeness (QED) is 0.695. The van der Waals surface area contributed by atoms with Crippen LogP contribution in [0.4, 0.5) is 17.2 Å². The van der Waals surface area contributed by atoms with Crippen molar-refractivity contribution in [3.8, 4) is 5.75 Å². The molecule has 3 heterocycles. The third-order valence-corrected chi connectivity index (χ3v) is 6.50. The van der Waals surface area contributed by atoms with E-state index >= 15 is 0 Å². The third-order valence-electron chi connectivity index (χ3n) is 6.04. The summed E-state index contributed by atoms with van der Waals surface area (Å²) in [5.74, 6) is 1.19. The van der Waals surface area contributed by atoms with E-state index in [0.717, 1.165) is 24.5 Å². The second-order valence-electron chi connectivity index (χ2n) is 7.90. The Morgan fingerprint density at radius 2 is 1.80 bits per heavy atom. The van der Waals surface area contributed by atoms with Gasteiger partial charge in [-0.2, -0.15) is 4.98 Å². The van der Waals surface area contributed by atoms with Gasteiger partial charge in [0.05, 0.1) is 19.0 Å². The molecule has 9 heteroatoms. The maximum absolute atomic E-state index is 6.18. The van der Waals surface area contributed by atoms with Crippen molar-refractivity contribution in [1.82, 2.24) is 19.8 Å². The molecule has 0 saturated carbocycles. The molecule has 0 atom stereocenters. The van der Waals surface area contributed by atoms with Gasteiger partial charge in [0.15, 0.2) is 5.82 Å². The Bertz CT molecular complexity index is 867. The van der Waals surface area contributed by atoms with Gasteiger partial charge in [-0.05, 0) is 43.6 Å². The molecule has 0 amide bonds. The average molecular weight is 451 g/mol. The highest BCUT2D eigenvalue weighted by atomic mass is 35.5. The number of methoxy groups -OCH3 is 1. The van der Waals surface area contributed by atoms with Crippen LogP contribution in [0.3, 0.4) is 0 Å². The van der Waals surface area contributed by atoms with E-state index in [-0.39, 0.29) is 5.28 Å². The SMILES string of the molecule is COc1cc(N2CCC(N3CCN(C)CC3)CC2)ccc1Nc1nc(Cl)ncc1Cl. The average Bonchev–Trinajstić information content (AvgIpc) is 2.77. The van der Waals surface area contributed by atoms with Crippen molar-refractivity contribution < 1.29 is 4.74 Å². The summed E-state index contributed by atoms with van der Waals surface area (Å²) in [7, 11) is 3.87. The van der Waals surface area contributed by atoms with E-state index in [1.54, 1.807) is 7.11 Å². The summed E-state index contributed by atoms with van der Waals surface area (Å²) in [4.78, 5) is 15.6. The Balaban J connectivity index is 1.41. The molecule has 1 aromatic heterocycles. The molecule has 162 valence electrons. The van der Waals surface area contributed by atoms with Crippen LogP contribution in [-0.2, 0) is 0 Å². The van der Waals surface area contributed by atoms with Crippen molar-refractivity contribution in [3.63, 3.8) is 0 Å².